The molecule has 0 saturated heterocycles. The Morgan fingerprint density at radius 2 is 1.85 bits per heavy atom. The fourth-order valence-corrected chi connectivity index (χ4v) is 2.14. The van der Waals surface area contributed by atoms with Gasteiger partial charge in [0.15, 0.2) is 0 Å². The van der Waals surface area contributed by atoms with E-state index in [0.29, 0.717) is 6.54 Å². The number of hydrogen-bond acceptors (Lipinski definition) is 2. The lowest BCUT2D eigenvalue weighted by molar-refractivity contribution is -0.134. The van der Waals surface area contributed by atoms with Crippen LogP contribution in [0.2, 0.25) is 0 Å². The van der Waals surface area contributed by atoms with Crippen LogP contribution < -0.4 is 0 Å². The number of carbonyl (C=O) groups excluding carboxylic acids is 1. The molecule has 3 heteroatoms. The van der Waals surface area contributed by atoms with Crippen molar-refractivity contribution in [3.8, 4) is 11.8 Å². The summed E-state index contributed by atoms with van der Waals surface area (Å²) >= 11 is 0. The van der Waals surface area contributed by atoms with Gasteiger partial charge in [-0.3, -0.25) is 4.79 Å². The fraction of sp³-hybridized carbons (Fsp3) is 0.471. The molecule has 0 heterocycles. The second kappa shape index (κ2) is 8.39. The lowest BCUT2D eigenvalue weighted by Crippen LogP contribution is -2.32. The van der Waals surface area contributed by atoms with Crippen LogP contribution in [0.25, 0.3) is 0 Å². The molecule has 1 aromatic carbocycles. The molecule has 1 amide bonds. The molecule has 0 aromatic heterocycles. The Balaban J connectivity index is 2.66. The molecule has 0 radical (unpaired) electrons. The predicted molar refractivity (Wildman–Crippen MR) is 81.0 cm³/mol. The van der Waals surface area contributed by atoms with Crippen LogP contribution in [-0.4, -0.2) is 29.6 Å². The normalized spacial score (nSPS) is 10.1. The third kappa shape index (κ3) is 4.71. The molecule has 0 aliphatic carbocycles. The van der Waals surface area contributed by atoms with Gasteiger partial charge in [-0.05, 0) is 30.5 Å². The van der Waals surface area contributed by atoms with E-state index in [1.807, 2.05) is 31.3 Å². The van der Waals surface area contributed by atoms with E-state index < -0.39 is 0 Å². The van der Waals surface area contributed by atoms with Gasteiger partial charge in [0.05, 0.1) is 0 Å². The highest BCUT2D eigenvalue weighted by molar-refractivity contribution is 5.78. The number of benzene rings is 1. The van der Waals surface area contributed by atoms with Gasteiger partial charge in [0, 0.05) is 25.1 Å². The third-order valence-corrected chi connectivity index (χ3v) is 3.40. The number of aliphatic hydroxyl groups is 1. The number of rotatable bonds is 5. The maximum atomic E-state index is 12.2. The maximum absolute atomic E-state index is 12.2. The van der Waals surface area contributed by atoms with Gasteiger partial charge in [-0.15, -0.1) is 0 Å². The summed E-state index contributed by atoms with van der Waals surface area (Å²) in [4.78, 5) is 14.0. The Bertz CT molecular complexity index is 478. The van der Waals surface area contributed by atoms with Gasteiger partial charge < -0.3 is 10.0 Å². The Hall–Kier alpha value is -1.79. The van der Waals surface area contributed by atoms with Crippen molar-refractivity contribution in [2.24, 2.45) is 5.92 Å². The first-order valence-corrected chi connectivity index (χ1v) is 7.06. The molecule has 1 aromatic rings. The highest BCUT2D eigenvalue weighted by atomic mass is 16.2. The SMILES string of the molecule is CCC(CC)C(=O)N(C)Cc1ccc(C#CCO)cc1. The molecule has 0 unspecified atom stereocenters. The average molecular weight is 273 g/mol. The lowest BCUT2D eigenvalue weighted by atomic mass is 10.0. The van der Waals surface area contributed by atoms with Crippen LogP contribution in [0.4, 0.5) is 0 Å². The Morgan fingerprint density at radius 3 is 2.35 bits per heavy atom. The first-order valence-electron chi connectivity index (χ1n) is 7.06. The topological polar surface area (TPSA) is 40.5 Å². The lowest BCUT2D eigenvalue weighted by Gasteiger charge is -2.22. The van der Waals surface area contributed by atoms with Crippen molar-refractivity contribution in [2.45, 2.75) is 33.2 Å². The molecule has 0 spiro atoms. The summed E-state index contributed by atoms with van der Waals surface area (Å²) in [5.74, 6) is 5.80. The molecular weight excluding hydrogens is 250 g/mol. The molecule has 0 bridgehead atoms. The fourth-order valence-electron chi connectivity index (χ4n) is 2.14. The summed E-state index contributed by atoms with van der Waals surface area (Å²) in [6.45, 7) is 4.58. The summed E-state index contributed by atoms with van der Waals surface area (Å²) < 4.78 is 0. The summed E-state index contributed by atoms with van der Waals surface area (Å²) in [5.41, 5.74) is 1.96. The number of nitrogens with zero attached hydrogens (tertiary/aromatic N) is 1. The van der Waals surface area contributed by atoms with Crippen molar-refractivity contribution >= 4 is 5.91 Å². The van der Waals surface area contributed by atoms with E-state index in [9.17, 15) is 4.79 Å². The molecule has 0 fully saturated rings. The highest BCUT2D eigenvalue weighted by Gasteiger charge is 2.18. The standard InChI is InChI=1S/C17H23NO2/c1-4-16(5-2)17(20)18(3)13-15-10-8-14(9-11-15)7-6-12-19/h8-11,16,19H,4-5,12-13H2,1-3H3. The monoisotopic (exact) mass is 273 g/mol. The van der Waals surface area contributed by atoms with E-state index in [1.165, 1.54) is 0 Å². The van der Waals surface area contributed by atoms with Crippen molar-refractivity contribution in [3.63, 3.8) is 0 Å². The van der Waals surface area contributed by atoms with Crippen molar-refractivity contribution in [1.29, 1.82) is 0 Å². The zero-order valence-corrected chi connectivity index (χ0v) is 12.5. The molecule has 0 saturated carbocycles. The molecule has 3 nitrogen and oxygen atoms in total. The van der Waals surface area contributed by atoms with Crippen LogP contribution in [0.1, 0.15) is 37.8 Å². The van der Waals surface area contributed by atoms with Crippen molar-refractivity contribution < 1.29 is 9.90 Å². The van der Waals surface area contributed by atoms with E-state index in [4.69, 9.17) is 5.11 Å². The van der Waals surface area contributed by atoms with Crippen molar-refractivity contribution in [3.05, 3.63) is 35.4 Å². The largest absolute Gasteiger partial charge is 0.384 e. The summed E-state index contributed by atoms with van der Waals surface area (Å²) in [6, 6.07) is 7.76. The third-order valence-electron chi connectivity index (χ3n) is 3.40. The molecular formula is C17H23NO2. The molecule has 108 valence electrons. The number of amides is 1. The maximum Gasteiger partial charge on any atom is 0.225 e. The van der Waals surface area contributed by atoms with Gasteiger partial charge in [-0.1, -0.05) is 37.8 Å². The molecule has 0 atom stereocenters. The van der Waals surface area contributed by atoms with Crippen LogP contribution in [0.3, 0.4) is 0 Å². The molecule has 0 aliphatic heterocycles. The first-order chi connectivity index (χ1) is 9.62. The quantitative estimate of drug-likeness (QED) is 0.837. The number of hydrogen-bond donors (Lipinski definition) is 1. The van der Waals surface area contributed by atoms with Gasteiger partial charge in [-0.25, -0.2) is 0 Å². The summed E-state index contributed by atoms with van der Waals surface area (Å²) in [7, 11) is 1.85. The van der Waals surface area contributed by atoms with Gasteiger partial charge in [-0.2, -0.15) is 0 Å². The summed E-state index contributed by atoms with van der Waals surface area (Å²) in [6.07, 6.45) is 1.77. The van der Waals surface area contributed by atoms with Gasteiger partial charge in [0.25, 0.3) is 0 Å². The van der Waals surface area contributed by atoms with E-state index in [-0.39, 0.29) is 18.4 Å². The smallest absolute Gasteiger partial charge is 0.225 e. The van der Waals surface area contributed by atoms with Gasteiger partial charge >= 0.3 is 0 Å². The second-order valence-corrected chi connectivity index (χ2v) is 4.86. The van der Waals surface area contributed by atoms with Crippen LogP contribution in [-0.2, 0) is 11.3 Å². The van der Waals surface area contributed by atoms with Crippen LogP contribution in [0.5, 0.6) is 0 Å². The van der Waals surface area contributed by atoms with Gasteiger partial charge in [0.1, 0.15) is 6.61 Å². The van der Waals surface area contributed by atoms with E-state index in [0.717, 1.165) is 24.0 Å². The van der Waals surface area contributed by atoms with E-state index >= 15 is 0 Å². The molecule has 0 aliphatic rings. The zero-order valence-electron chi connectivity index (χ0n) is 12.5. The Kier molecular flexibility index (Phi) is 6.83. The Labute approximate surface area is 121 Å². The van der Waals surface area contributed by atoms with Gasteiger partial charge in [0.2, 0.25) is 5.91 Å². The highest BCUT2D eigenvalue weighted by Crippen LogP contribution is 2.13. The average Bonchev–Trinajstić information content (AvgIpc) is 2.47. The zero-order chi connectivity index (χ0) is 15.0. The molecule has 20 heavy (non-hydrogen) atoms. The molecule has 1 N–H and O–H groups in total. The van der Waals surface area contributed by atoms with E-state index in [1.54, 1.807) is 4.90 Å². The molecule has 1 rings (SSSR count). The minimum Gasteiger partial charge on any atom is -0.384 e. The second-order valence-electron chi connectivity index (χ2n) is 4.86. The number of carbonyl (C=O) groups is 1. The van der Waals surface area contributed by atoms with Crippen molar-refractivity contribution in [2.75, 3.05) is 13.7 Å². The van der Waals surface area contributed by atoms with Crippen molar-refractivity contribution in [1.82, 2.24) is 4.90 Å². The Morgan fingerprint density at radius 1 is 1.25 bits per heavy atom. The van der Waals surface area contributed by atoms with Crippen LogP contribution in [0, 0.1) is 17.8 Å². The first kappa shape index (κ1) is 16.3. The van der Waals surface area contributed by atoms with Crippen LogP contribution in [0.15, 0.2) is 24.3 Å². The summed E-state index contributed by atoms with van der Waals surface area (Å²) in [5, 5.41) is 8.64. The van der Waals surface area contributed by atoms with E-state index in [2.05, 4.69) is 25.7 Å². The minimum atomic E-state index is -0.131. The minimum absolute atomic E-state index is 0.120. The number of aliphatic hydroxyl groups excluding tert-OH is 1. The van der Waals surface area contributed by atoms with Crippen LogP contribution >= 0.6 is 0 Å². The predicted octanol–water partition coefficient (Wildman–Crippen LogP) is 2.43.